The fraction of sp³-hybridized carbons (Fsp3) is 0.288. The van der Waals surface area contributed by atoms with Crippen LogP contribution in [0.15, 0.2) is 362 Å². The Labute approximate surface area is 689 Å². The first-order valence-electron chi connectivity index (χ1n) is 40.9. The van der Waals surface area contributed by atoms with Gasteiger partial charge in [-0.15, -0.1) is 0 Å². The Morgan fingerprint density at radius 2 is 0.456 bits per heavy atom. The summed E-state index contributed by atoms with van der Waals surface area (Å²) >= 11 is 0. The van der Waals surface area contributed by atoms with Crippen LogP contribution in [0.5, 0.6) is 23.0 Å². The Balaban J connectivity index is 0.000000123. The van der Waals surface area contributed by atoms with Crippen molar-refractivity contribution >= 4 is 55.5 Å². The molecule has 20 rings (SSSR count). The number of methoxy groups -OCH3 is 2. The summed E-state index contributed by atoms with van der Waals surface area (Å²) < 4.78 is 23.0. The molecule has 0 aromatic heterocycles. The molecule has 8 aliphatic carbocycles. The zero-order valence-corrected chi connectivity index (χ0v) is 70.6. The van der Waals surface area contributed by atoms with Crippen LogP contribution in [0.1, 0.15) is 123 Å². The lowest BCUT2D eigenvalue weighted by atomic mass is 9.49. The second-order valence-corrected chi connectivity index (χ2v) is 41.0. The molecule has 0 heterocycles. The van der Waals surface area contributed by atoms with Crippen LogP contribution >= 0.6 is 0 Å². The number of rotatable bonds is 20. The minimum Gasteiger partial charge on any atom is -0.497 e. The van der Waals surface area contributed by atoms with Gasteiger partial charge in [-0.25, -0.2) is 0 Å². The smallest absolute Gasteiger partial charge is 0.311 e. The number of carbonyl (C=O) groups is 2. The fourth-order valence-corrected chi connectivity index (χ4v) is 29.3. The summed E-state index contributed by atoms with van der Waals surface area (Å²) in [5.74, 6) is 8.44. The summed E-state index contributed by atoms with van der Waals surface area (Å²) in [4.78, 5) is 42.1. The molecule has 0 saturated heterocycles. The van der Waals surface area contributed by atoms with E-state index >= 15 is 0 Å². The van der Waals surface area contributed by atoms with Crippen molar-refractivity contribution in [1.82, 2.24) is 0 Å². The van der Waals surface area contributed by atoms with Gasteiger partial charge in [-0.1, -0.05) is 146 Å². The number of benzene rings is 12. The third-order valence-electron chi connectivity index (χ3n) is 24.1. The molecule has 0 atom stereocenters. The Bertz CT molecular complexity index is 4690. The maximum atomic E-state index is 13.2. The highest BCUT2D eigenvalue weighted by Crippen LogP contribution is 2.63. The summed E-state index contributed by atoms with van der Waals surface area (Å²) in [5, 5.41) is 0. The summed E-state index contributed by atoms with van der Waals surface area (Å²) in [6.45, 7) is 12.6. The first kappa shape index (κ1) is 79.8. The first-order valence-corrected chi connectivity index (χ1v) is 45.8. The standard InChI is InChI=1S/2C32H35O2S.C21H21OS.C19H17OS/c2*1-22-13-29(35(27-9-5-3-6-10-27)28-11-7-4-8-12-28)14-23(2)31(22)34-30(33)21-32-18-24-15-25(19-32)17-26(16-24)20-32;1-16-14-20(15-17(2)21(16)22-3)23(18-10-6-4-7-11-18)19-12-8-5-9-13-19;1-20-16-12-14-19(15-13-16)21(17-8-4-2-5-9-17)18-10-6-3-7-11-18/h2*3-14,24-26H,15-21H2,1-2H3;4-15H,1-3H3;2-15H,1H3/q4*+1. The van der Waals surface area contributed by atoms with Crippen LogP contribution in [0.25, 0.3) is 0 Å². The lowest BCUT2D eigenvalue weighted by Crippen LogP contribution is -2.47. The summed E-state index contributed by atoms with van der Waals surface area (Å²) in [5.41, 5.74) is 6.97. The van der Waals surface area contributed by atoms with Gasteiger partial charge in [0.2, 0.25) is 0 Å². The van der Waals surface area contributed by atoms with Crippen molar-refractivity contribution in [3.8, 4) is 23.0 Å². The molecule has 8 fully saturated rings. The molecule has 114 heavy (non-hydrogen) atoms. The van der Waals surface area contributed by atoms with E-state index < -0.39 is 0 Å². The molecule has 0 unspecified atom stereocenters. The molecule has 8 bridgehead atoms. The molecule has 0 aliphatic heterocycles. The van der Waals surface area contributed by atoms with Crippen molar-refractivity contribution in [1.29, 1.82) is 0 Å². The monoisotopic (exact) mass is 1580 g/mol. The van der Waals surface area contributed by atoms with Crippen molar-refractivity contribution in [2.75, 3.05) is 14.2 Å². The van der Waals surface area contributed by atoms with Gasteiger partial charge >= 0.3 is 11.9 Å². The molecule has 0 N–H and O–H groups in total. The highest BCUT2D eigenvalue weighted by Gasteiger charge is 2.53. The van der Waals surface area contributed by atoms with Crippen LogP contribution in [0.3, 0.4) is 0 Å². The number of hydrogen-bond donors (Lipinski definition) is 0. The SMILES string of the molecule is COc1c(C)cc([S+](c2ccccc2)c2ccccc2)cc1C.COc1ccc([S+](c2ccccc2)c2ccccc2)cc1.Cc1cc([S+](c2ccccc2)c2ccccc2)cc(C)c1OC(=O)CC12CC3CC(CC(C3)C1)C2.Cc1cc([S+](c2ccccc2)c2ccccc2)cc(C)c1OC(=O)CC12CC3CC(CC(C3)C1)C2. The third kappa shape index (κ3) is 18.9. The molecular weight excluding hydrogens is 1470 g/mol. The predicted octanol–water partition coefficient (Wildman–Crippen LogP) is 26.0. The van der Waals surface area contributed by atoms with Crippen LogP contribution in [-0.4, -0.2) is 26.2 Å². The van der Waals surface area contributed by atoms with Crippen molar-refractivity contribution < 1.29 is 28.5 Å². The topological polar surface area (TPSA) is 71.1 Å². The molecule has 12 aromatic carbocycles. The van der Waals surface area contributed by atoms with E-state index in [4.69, 9.17) is 18.9 Å². The Morgan fingerprint density at radius 3 is 0.658 bits per heavy atom. The maximum absolute atomic E-state index is 13.2. The van der Waals surface area contributed by atoms with Gasteiger partial charge in [-0.05, 0) is 320 Å². The van der Waals surface area contributed by atoms with Crippen molar-refractivity contribution in [2.45, 2.75) is 190 Å². The Morgan fingerprint density at radius 1 is 0.263 bits per heavy atom. The molecule has 12 aromatic rings. The van der Waals surface area contributed by atoms with E-state index in [1.807, 2.05) is 12.1 Å². The summed E-state index contributed by atoms with van der Waals surface area (Å²) in [7, 11) is 2.84. The van der Waals surface area contributed by atoms with E-state index in [0.29, 0.717) is 12.8 Å². The zero-order chi connectivity index (χ0) is 78.7. The van der Waals surface area contributed by atoms with Gasteiger partial charge in [0.05, 0.1) is 70.6 Å². The van der Waals surface area contributed by atoms with Gasteiger partial charge in [0.25, 0.3) is 0 Å². The highest BCUT2D eigenvalue weighted by atomic mass is 32.2. The Hall–Kier alpha value is -9.42. The number of carbonyl (C=O) groups excluding carboxylic acids is 2. The van der Waals surface area contributed by atoms with E-state index in [9.17, 15) is 9.59 Å². The molecule has 8 saturated carbocycles. The lowest BCUT2D eigenvalue weighted by molar-refractivity contribution is -0.144. The number of aryl methyl sites for hydroxylation is 6. The van der Waals surface area contributed by atoms with Gasteiger partial charge < -0.3 is 18.9 Å². The molecule has 6 nitrogen and oxygen atoms in total. The largest absolute Gasteiger partial charge is 0.497 e. The van der Waals surface area contributed by atoms with Crippen LogP contribution in [0.4, 0.5) is 0 Å². The molecule has 8 aliphatic rings. The van der Waals surface area contributed by atoms with E-state index in [2.05, 4.69) is 333 Å². The highest BCUT2D eigenvalue weighted by molar-refractivity contribution is 7.98. The number of hydrogen-bond acceptors (Lipinski definition) is 6. The normalized spacial score (nSPS) is 20.6. The van der Waals surface area contributed by atoms with Gasteiger partial charge in [-0.2, -0.15) is 0 Å². The van der Waals surface area contributed by atoms with Crippen LogP contribution in [0, 0.1) is 87.9 Å². The Kier molecular flexibility index (Phi) is 25.6. The van der Waals surface area contributed by atoms with Crippen LogP contribution in [-0.2, 0) is 53.2 Å². The number of esters is 2. The molecule has 10 heteroatoms. The molecule has 0 amide bonds. The molecule has 0 radical (unpaired) electrons. The summed E-state index contributed by atoms with van der Waals surface area (Å²) in [6.07, 6.45) is 17.0. The third-order valence-corrected chi connectivity index (χ3v) is 33.0. The fourth-order valence-electron chi connectivity index (χ4n) is 20.5. The van der Waals surface area contributed by atoms with Crippen LogP contribution in [0.2, 0.25) is 0 Å². The second-order valence-electron chi connectivity index (χ2n) is 32.9. The van der Waals surface area contributed by atoms with Gasteiger partial charge in [0.15, 0.2) is 58.7 Å². The number of ether oxygens (including phenoxy) is 4. The minimum absolute atomic E-state index is 0.0315. The molecular formula is C104H108O6S4+4. The lowest BCUT2D eigenvalue weighted by Gasteiger charge is -2.56. The summed E-state index contributed by atoms with van der Waals surface area (Å²) in [6, 6.07) is 107. The minimum atomic E-state index is -0.206. The average Bonchev–Trinajstić information content (AvgIpc) is 1.52. The van der Waals surface area contributed by atoms with Crippen molar-refractivity contribution in [3.05, 3.63) is 337 Å². The van der Waals surface area contributed by atoms with Gasteiger partial charge in [0.1, 0.15) is 23.0 Å². The molecule has 0 spiro atoms. The van der Waals surface area contributed by atoms with Gasteiger partial charge in [0, 0.05) is 36.4 Å². The van der Waals surface area contributed by atoms with E-state index in [0.717, 1.165) is 80.8 Å². The second kappa shape index (κ2) is 36.6. The first-order chi connectivity index (χ1) is 55.5. The molecule has 580 valence electrons. The zero-order valence-electron chi connectivity index (χ0n) is 67.3. The quantitative estimate of drug-likeness (QED) is 0.0430. The maximum Gasteiger partial charge on any atom is 0.311 e. The van der Waals surface area contributed by atoms with Crippen LogP contribution < -0.4 is 18.9 Å². The average molecular weight is 1580 g/mol. The van der Waals surface area contributed by atoms with E-state index in [1.165, 1.54) is 147 Å². The van der Waals surface area contributed by atoms with Crippen molar-refractivity contribution in [2.24, 2.45) is 46.3 Å². The van der Waals surface area contributed by atoms with E-state index in [1.54, 1.807) is 14.2 Å². The van der Waals surface area contributed by atoms with Crippen molar-refractivity contribution in [3.63, 3.8) is 0 Å². The van der Waals surface area contributed by atoms with E-state index in [-0.39, 0.29) is 66.3 Å². The van der Waals surface area contributed by atoms with Gasteiger partial charge in [-0.3, -0.25) is 9.59 Å². The predicted molar refractivity (Wildman–Crippen MR) is 469 cm³/mol.